The average molecular weight is 253 g/mol. The molecule has 0 aromatic heterocycles. The molecule has 0 aromatic carbocycles. The summed E-state index contributed by atoms with van der Waals surface area (Å²) >= 11 is 0. The molecule has 2 fully saturated rings. The van der Waals surface area contributed by atoms with Gasteiger partial charge in [0.15, 0.2) is 0 Å². The summed E-state index contributed by atoms with van der Waals surface area (Å²) in [5.41, 5.74) is 0. The smallest absolute Gasteiger partial charge is 0.234 e. The Hall–Kier alpha value is -0.610. The van der Waals surface area contributed by atoms with Gasteiger partial charge in [0.05, 0.1) is 6.54 Å². The lowest BCUT2D eigenvalue weighted by atomic mass is 10.1. The highest BCUT2D eigenvalue weighted by molar-refractivity contribution is 5.77. The topological polar surface area (TPSA) is 44.4 Å². The standard InChI is InChI=1S/C14H27N3O/c1-12(17-7-3-2-4-8-17)9-16-14(18)11-15-10-13-5-6-13/h12-13,15H,2-11H2,1H3,(H,16,18). The van der Waals surface area contributed by atoms with E-state index in [0.717, 1.165) is 19.0 Å². The highest BCUT2D eigenvalue weighted by Gasteiger charge is 2.21. The maximum Gasteiger partial charge on any atom is 0.234 e. The minimum absolute atomic E-state index is 0.138. The van der Waals surface area contributed by atoms with Crippen LogP contribution in [0.5, 0.6) is 0 Å². The summed E-state index contributed by atoms with van der Waals surface area (Å²) in [4.78, 5) is 14.1. The Labute approximate surface area is 110 Å². The highest BCUT2D eigenvalue weighted by atomic mass is 16.1. The van der Waals surface area contributed by atoms with E-state index in [-0.39, 0.29) is 5.91 Å². The van der Waals surface area contributed by atoms with Gasteiger partial charge in [-0.05, 0) is 58.2 Å². The summed E-state index contributed by atoms with van der Waals surface area (Å²) in [6.45, 7) is 6.86. The van der Waals surface area contributed by atoms with Crippen molar-refractivity contribution in [2.45, 2.75) is 45.1 Å². The highest BCUT2D eigenvalue weighted by Crippen LogP contribution is 2.27. The van der Waals surface area contributed by atoms with Crippen molar-refractivity contribution in [2.75, 3.05) is 32.7 Å². The van der Waals surface area contributed by atoms with Crippen molar-refractivity contribution >= 4 is 5.91 Å². The van der Waals surface area contributed by atoms with Crippen molar-refractivity contribution < 1.29 is 4.79 Å². The molecule has 2 aliphatic rings. The molecular weight excluding hydrogens is 226 g/mol. The SMILES string of the molecule is CC(CNC(=O)CNCC1CC1)N1CCCCC1. The third kappa shape index (κ3) is 4.94. The zero-order valence-electron chi connectivity index (χ0n) is 11.6. The minimum Gasteiger partial charge on any atom is -0.353 e. The monoisotopic (exact) mass is 253 g/mol. The molecule has 1 amide bonds. The molecular formula is C14H27N3O. The first-order valence-corrected chi connectivity index (χ1v) is 7.47. The van der Waals surface area contributed by atoms with Gasteiger partial charge >= 0.3 is 0 Å². The molecule has 2 rings (SSSR count). The molecule has 2 N–H and O–H groups in total. The van der Waals surface area contributed by atoms with E-state index in [2.05, 4.69) is 22.5 Å². The average Bonchev–Trinajstić information content (AvgIpc) is 3.21. The maximum atomic E-state index is 11.6. The molecule has 1 atom stereocenters. The van der Waals surface area contributed by atoms with Crippen LogP contribution in [0.3, 0.4) is 0 Å². The molecule has 0 bridgehead atoms. The van der Waals surface area contributed by atoms with Gasteiger partial charge in [-0.15, -0.1) is 0 Å². The van der Waals surface area contributed by atoms with Gasteiger partial charge < -0.3 is 10.6 Å². The van der Waals surface area contributed by atoms with E-state index in [4.69, 9.17) is 0 Å². The molecule has 4 nitrogen and oxygen atoms in total. The minimum atomic E-state index is 0.138. The van der Waals surface area contributed by atoms with E-state index >= 15 is 0 Å². The lowest BCUT2D eigenvalue weighted by Crippen LogP contribution is -2.46. The summed E-state index contributed by atoms with van der Waals surface area (Å²) in [7, 11) is 0. The number of hydrogen-bond donors (Lipinski definition) is 2. The van der Waals surface area contributed by atoms with Gasteiger partial charge in [-0.25, -0.2) is 0 Å². The molecule has 1 saturated carbocycles. The zero-order chi connectivity index (χ0) is 12.8. The molecule has 1 aliphatic heterocycles. The van der Waals surface area contributed by atoms with Crippen LogP contribution in [0.4, 0.5) is 0 Å². The molecule has 0 aromatic rings. The van der Waals surface area contributed by atoms with Crippen LogP contribution in [0.15, 0.2) is 0 Å². The Morgan fingerprint density at radius 2 is 2.00 bits per heavy atom. The van der Waals surface area contributed by atoms with Gasteiger partial charge in [-0.1, -0.05) is 6.42 Å². The van der Waals surface area contributed by atoms with Crippen LogP contribution in [0.25, 0.3) is 0 Å². The first kappa shape index (κ1) is 13.8. The Balaban J connectivity index is 1.53. The normalized spacial score (nSPS) is 22.7. The number of amides is 1. The van der Waals surface area contributed by atoms with Gasteiger partial charge in [0.2, 0.25) is 5.91 Å². The number of carbonyl (C=O) groups is 1. The predicted molar refractivity (Wildman–Crippen MR) is 73.5 cm³/mol. The number of hydrogen-bond acceptors (Lipinski definition) is 3. The van der Waals surface area contributed by atoms with E-state index < -0.39 is 0 Å². The molecule has 1 heterocycles. The Morgan fingerprint density at radius 3 is 2.67 bits per heavy atom. The quantitative estimate of drug-likeness (QED) is 0.711. The van der Waals surface area contributed by atoms with Crippen LogP contribution < -0.4 is 10.6 Å². The van der Waals surface area contributed by atoms with Crippen LogP contribution in [-0.2, 0) is 4.79 Å². The molecule has 18 heavy (non-hydrogen) atoms. The van der Waals surface area contributed by atoms with E-state index in [1.165, 1.54) is 45.2 Å². The summed E-state index contributed by atoms with van der Waals surface area (Å²) in [5.74, 6) is 0.976. The van der Waals surface area contributed by atoms with E-state index in [0.29, 0.717) is 12.6 Å². The van der Waals surface area contributed by atoms with Crippen molar-refractivity contribution in [2.24, 2.45) is 5.92 Å². The number of piperidine rings is 1. The van der Waals surface area contributed by atoms with Crippen LogP contribution in [0, 0.1) is 5.92 Å². The first-order valence-electron chi connectivity index (χ1n) is 7.47. The van der Waals surface area contributed by atoms with Crippen molar-refractivity contribution in [1.82, 2.24) is 15.5 Å². The van der Waals surface area contributed by atoms with Gasteiger partial charge in [0, 0.05) is 12.6 Å². The molecule has 0 radical (unpaired) electrons. The van der Waals surface area contributed by atoms with E-state index in [9.17, 15) is 4.79 Å². The predicted octanol–water partition coefficient (Wildman–Crippen LogP) is 0.977. The molecule has 4 heteroatoms. The summed E-state index contributed by atoms with van der Waals surface area (Å²) in [5, 5.41) is 6.26. The van der Waals surface area contributed by atoms with Crippen molar-refractivity contribution in [3.05, 3.63) is 0 Å². The fraction of sp³-hybridized carbons (Fsp3) is 0.929. The Kier molecular flexibility index (Phi) is 5.45. The zero-order valence-corrected chi connectivity index (χ0v) is 11.6. The number of rotatable bonds is 7. The van der Waals surface area contributed by atoms with Crippen molar-refractivity contribution in [3.8, 4) is 0 Å². The third-order valence-corrected chi connectivity index (χ3v) is 4.02. The largest absolute Gasteiger partial charge is 0.353 e. The van der Waals surface area contributed by atoms with Crippen molar-refractivity contribution in [1.29, 1.82) is 0 Å². The molecule has 104 valence electrons. The van der Waals surface area contributed by atoms with Crippen molar-refractivity contribution in [3.63, 3.8) is 0 Å². The Morgan fingerprint density at radius 1 is 1.28 bits per heavy atom. The summed E-state index contributed by atoms with van der Waals surface area (Å²) < 4.78 is 0. The fourth-order valence-electron chi connectivity index (χ4n) is 2.52. The molecule has 1 unspecified atom stereocenters. The summed E-state index contributed by atoms with van der Waals surface area (Å²) in [6, 6.07) is 0.470. The second-order valence-electron chi connectivity index (χ2n) is 5.82. The van der Waals surface area contributed by atoms with Gasteiger partial charge in [-0.2, -0.15) is 0 Å². The second kappa shape index (κ2) is 7.10. The van der Waals surface area contributed by atoms with E-state index in [1.54, 1.807) is 0 Å². The number of likely N-dealkylation sites (tertiary alicyclic amines) is 1. The lowest BCUT2D eigenvalue weighted by molar-refractivity contribution is -0.120. The van der Waals surface area contributed by atoms with Gasteiger partial charge in [0.25, 0.3) is 0 Å². The number of nitrogens with zero attached hydrogens (tertiary/aromatic N) is 1. The fourth-order valence-corrected chi connectivity index (χ4v) is 2.52. The molecule has 1 aliphatic carbocycles. The number of carbonyl (C=O) groups excluding carboxylic acids is 1. The van der Waals surface area contributed by atoms with Crippen LogP contribution in [-0.4, -0.2) is 49.6 Å². The van der Waals surface area contributed by atoms with Crippen LogP contribution >= 0.6 is 0 Å². The molecule has 1 saturated heterocycles. The second-order valence-corrected chi connectivity index (χ2v) is 5.82. The third-order valence-electron chi connectivity index (χ3n) is 4.02. The van der Waals surface area contributed by atoms with Crippen LogP contribution in [0.2, 0.25) is 0 Å². The number of nitrogens with one attached hydrogen (secondary N) is 2. The summed E-state index contributed by atoms with van der Waals surface area (Å²) in [6.07, 6.45) is 6.64. The lowest BCUT2D eigenvalue weighted by Gasteiger charge is -2.32. The van der Waals surface area contributed by atoms with Gasteiger partial charge in [-0.3, -0.25) is 9.69 Å². The first-order chi connectivity index (χ1) is 8.75. The van der Waals surface area contributed by atoms with E-state index in [1.807, 2.05) is 0 Å². The van der Waals surface area contributed by atoms with Crippen LogP contribution in [0.1, 0.15) is 39.0 Å². The Bertz CT molecular complexity index is 260. The maximum absolute atomic E-state index is 11.6. The molecule has 0 spiro atoms. The van der Waals surface area contributed by atoms with Gasteiger partial charge in [0.1, 0.15) is 0 Å².